The van der Waals surface area contributed by atoms with Crippen LogP contribution < -0.4 is 5.32 Å². The van der Waals surface area contributed by atoms with Crippen LogP contribution in [0, 0.1) is 5.92 Å². The Morgan fingerprint density at radius 2 is 2.25 bits per heavy atom. The van der Waals surface area contributed by atoms with Crippen molar-refractivity contribution in [3.8, 4) is 0 Å². The Bertz CT molecular complexity index is 718. The smallest absolute Gasteiger partial charge is 0.225 e. The van der Waals surface area contributed by atoms with Gasteiger partial charge in [0.05, 0.1) is 12.5 Å². The molecule has 1 aliphatic rings. The van der Waals surface area contributed by atoms with Gasteiger partial charge in [-0.25, -0.2) is 0 Å². The fraction of sp³-hybridized carbons (Fsp3) is 0.438. The number of carbonyl (C=O) groups excluding carboxylic acids is 2. The molecule has 0 spiro atoms. The molecule has 1 saturated heterocycles. The fourth-order valence-electron chi connectivity index (χ4n) is 2.62. The zero-order chi connectivity index (χ0) is 16.9. The number of aromatic nitrogens is 3. The standard InChI is InChI=1S/C16H19N5O2S/c1-2-13-19-20-14(24-13)8-18-16(23)12-6-15(22)21(10-12)9-11-4-3-5-17-7-11/h3-5,7,12H,2,6,8-10H2,1H3,(H,18,23)/t12-/m1/s1. The number of nitrogens with zero attached hydrogens (tertiary/aromatic N) is 4. The molecule has 1 N–H and O–H groups in total. The minimum Gasteiger partial charge on any atom is -0.349 e. The second kappa shape index (κ2) is 7.48. The number of amides is 2. The topological polar surface area (TPSA) is 88.1 Å². The normalized spacial score (nSPS) is 17.3. The van der Waals surface area contributed by atoms with E-state index >= 15 is 0 Å². The average Bonchev–Trinajstić information content (AvgIpc) is 3.21. The van der Waals surface area contributed by atoms with E-state index < -0.39 is 0 Å². The molecule has 0 aromatic carbocycles. The number of carbonyl (C=O) groups is 2. The Morgan fingerprint density at radius 3 is 2.96 bits per heavy atom. The molecule has 2 aromatic rings. The van der Waals surface area contributed by atoms with Crippen LogP contribution in [0.4, 0.5) is 0 Å². The molecular weight excluding hydrogens is 326 g/mol. The summed E-state index contributed by atoms with van der Waals surface area (Å²) in [7, 11) is 0. The van der Waals surface area contributed by atoms with Gasteiger partial charge in [-0.15, -0.1) is 10.2 Å². The van der Waals surface area contributed by atoms with Crippen LogP contribution >= 0.6 is 11.3 Å². The SMILES string of the molecule is CCc1nnc(CNC(=O)[C@@H]2CC(=O)N(Cc3cccnc3)C2)s1. The molecule has 7 nitrogen and oxygen atoms in total. The minimum absolute atomic E-state index is 0.00295. The largest absolute Gasteiger partial charge is 0.349 e. The molecule has 2 aromatic heterocycles. The quantitative estimate of drug-likeness (QED) is 0.849. The summed E-state index contributed by atoms with van der Waals surface area (Å²) >= 11 is 1.50. The van der Waals surface area contributed by atoms with Crippen molar-refractivity contribution >= 4 is 23.2 Å². The number of hydrogen-bond acceptors (Lipinski definition) is 6. The number of hydrogen-bond donors (Lipinski definition) is 1. The highest BCUT2D eigenvalue weighted by molar-refractivity contribution is 7.11. The predicted octanol–water partition coefficient (Wildman–Crippen LogP) is 1.16. The summed E-state index contributed by atoms with van der Waals surface area (Å²) in [6.45, 7) is 3.32. The van der Waals surface area contributed by atoms with Crippen molar-refractivity contribution in [1.29, 1.82) is 0 Å². The highest BCUT2D eigenvalue weighted by Crippen LogP contribution is 2.20. The molecule has 3 rings (SSSR count). The van der Waals surface area contributed by atoms with Crippen molar-refractivity contribution < 1.29 is 9.59 Å². The summed E-state index contributed by atoms with van der Waals surface area (Å²) in [5.41, 5.74) is 0.966. The molecule has 0 unspecified atom stereocenters. The Kier molecular flexibility index (Phi) is 5.14. The van der Waals surface area contributed by atoms with Gasteiger partial charge < -0.3 is 10.2 Å². The maximum atomic E-state index is 12.3. The maximum Gasteiger partial charge on any atom is 0.225 e. The van der Waals surface area contributed by atoms with Crippen molar-refractivity contribution in [3.05, 3.63) is 40.1 Å². The first-order valence-corrected chi connectivity index (χ1v) is 8.73. The number of nitrogens with one attached hydrogen (secondary N) is 1. The highest BCUT2D eigenvalue weighted by Gasteiger charge is 2.34. The Balaban J connectivity index is 1.52. The van der Waals surface area contributed by atoms with E-state index in [2.05, 4.69) is 20.5 Å². The van der Waals surface area contributed by atoms with Crippen molar-refractivity contribution in [2.45, 2.75) is 32.9 Å². The summed E-state index contributed by atoms with van der Waals surface area (Å²) < 4.78 is 0. The van der Waals surface area contributed by atoms with Gasteiger partial charge in [-0.05, 0) is 18.1 Å². The lowest BCUT2D eigenvalue weighted by Gasteiger charge is -2.16. The summed E-state index contributed by atoms with van der Waals surface area (Å²) in [5, 5.41) is 12.7. The molecule has 0 bridgehead atoms. The van der Waals surface area contributed by atoms with Crippen molar-refractivity contribution in [2.24, 2.45) is 5.92 Å². The van der Waals surface area contributed by atoms with Crippen LogP contribution in [0.25, 0.3) is 0 Å². The molecule has 1 aliphatic heterocycles. The van der Waals surface area contributed by atoms with Gasteiger partial charge >= 0.3 is 0 Å². The minimum atomic E-state index is -0.312. The van der Waals surface area contributed by atoms with E-state index in [4.69, 9.17) is 0 Å². The molecule has 3 heterocycles. The van der Waals surface area contributed by atoms with Crippen LogP contribution in [0.15, 0.2) is 24.5 Å². The highest BCUT2D eigenvalue weighted by atomic mass is 32.1. The zero-order valence-electron chi connectivity index (χ0n) is 13.4. The third-order valence-electron chi connectivity index (χ3n) is 3.91. The van der Waals surface area contributed by atoms with Gasteiger partial charge in [-0.2, -0.15) is 0 Å². The first kappa shape index (κ1) is 16.5. The first-order valence-electron chi connectivity index (χ1n) is 7.91. The Hall–Kier alpha value is -2.35. The van der Waals surface area contributed by atoms with Crippen LogP contribution in [0.5, 0.6) is 0 Å². The fourth-order valence-corrected chi connectivity index (χ4v) is 3.35. The zero-order valence-corrected chi connectivity index (χ0v) is 14.3. The van der Waals surface area contributed by atoms with Gasteiger partial charge in [0.2, 0.25) is 11.8 Å². The second-order valence-electron chi connectivity index (χ2n) is 5.70. The number of aryl methyl sites for hydroxylation is 1. The van der Waals surface area contributed by atoms with E-state index in [9.17, 15) is 9.59 Å². The Labute approximate surface area is 144 Å². The van der Waals surface area contributed by atoms with Crippen LogP contribution in [0.3, 0.4) is 0 Å². The number of pyridine rings is 1. The van der Waals surface area contributed by atoms with Crippen molar-refractivity contribution in [3.63, 3.8) is 0 Å². The second-order valence-corrected chi connectivity index (χ2v) is 6.84. The van der Waals surface area contributed by atoms with Gasteiger partial charge in [0.15, 0.2) is 0 Å². The molecule has 126 valence electrons. The summed E-state index contributed by atoms with van der Waals surface area (Å²) in [6.07, 6.45) is 4.53. The third kappa shape index (κ3) is 3.94. The predicted molar refractivity (Wildman–Crippen MR) is 88.9 cm³/mol. The molecule has 1 fully saturated rings. The van der Waals surface area contributed by atoms with E-state index in [1.165, 1.54) is 11.3 Å². The molecule has 8 heteroatoms. The molecule has 0 saturated carbocycles. The molecule has 1 atom stereocenters. The van der Waals surface area contributed by atoms with Crippen LogP contribution in [0.2, 0.25) is 0 Å². The molecular formula is C16H19N5O2S. The number of rotatable bonds is 6. The van der Waals surface area contributed by atoms with Gasteiger partial charge in [0.1, 0.15) is 10.0 Å². The van der Waals surface area contributed by atoms with E-state index in [1.807, 2.05) is 19.1 Å². The van der Waals surface area contributed by atoms with Gasteiger partial charge in [-0.1, -0.05) is 24.3 Å². The van der Waals surface area contributed by atoms with Gasteiger partial charge in [0.25, 0.3) is 0 Å². The third-order valence-corrected chi connectivity index (χ3v) is 4.97. The first-order chi connectivity index (χ1) is 11.7. The summed E-state index contributed by atoms with van der Waals surface area (Å²) in [6, 6.07) is 3.77. The molecule has 24 heavy (non-hydrogen) atoms. The maximum absolute atomic E-state index is 12.3. The van der Waals surface area contributed by atoms with E-state index in [-0.39, 0.29) is 24.2 Å². The van der Waals surface area contributed by atoms with E-state index in [0.29, 0.717) is 19.6 Å². The van der Waals surface area contributed by atoms with Crippen LogP contribution in [0.1, 0.15) is 28.9 Å². The monoisotopic (exact) mass is 345 g/mol. The Morgan fingerprint density at radius 1 is 1.42 bits per heavy atom. The van der Waals surface area contributed by atoms with E-state index in [0.717, 1.165) is 22.0 Å². The van der Waals surface area contributed by atoms with Crippen molar-refractivity contribution in [1.82, 2.24) is 25.4 Å². The molecule has 0 aliphatic carbocycles. The molecule has 2 amide bonds. The van der Waals surface area contributed by atoms with Gasteiger partial charge in [0, 0.05) is 31.9 Å². The van der Waals surface area contributed by atoms with Gasteiger partial charge in [-0.3, -0.25) is 14.6 Å². The average molecular weight is 345 g/mol. The van der Waals surface area contributed by atoms with Crippen LogP contribution in [-0.4, -0.2) is 38.4 Å². The lowest BCUT2D eigenvalue weighted by Crippen LogP contribution is -2.32. The number of likely N-dealkylation sites (tertiary alicyclic amines) is 1. The van der Waals surface area contributed by atoms with Crippen molar-refractivity contribution in [2.75, 3.05) is 6.54 Å². The lowest BCUT2D eigenvalue weighted by molar-refractivity contribution is -0.129. The summed E-state index contributed by atoms with van der Waals surface area (Å²) in [5.74, 6) is -0.416. The summed E-state index contributed by atoms with van der Waals surface area (Å²) in [4.78, 5) is 30.2. The van der Waals surface area contributed by atoms with Crippen LogP contribution in [-0.2, 0) is 29.1 Å². The van der Waals surface area contributed by atoms with E-state index in [1.54, 1.807) is 17.3 Å². The lowest BCUT2D eigenvalue weighted by atomic mass is 10.1. The molecule has 0 radical (unpaired) electrons.